The number of rotatable bonds is 5. The van der Waals surface area contributed by atoms with Crippen LogP contribution in [0.25, 0.3) is 0 Å². The molecule has 0 aromatic heterocycles. The molecule has 2 N–H and O–H groups in total. The van der Waals surface area contributed by atoms with Crippen molar-refractivity contribution in [1.82, 2.24) is 10.6 Å². The molecule has 2 amide bonds. The van der Waals surface area contributed by atoms with Gasteiger partial charge in [-0.05, 0) is 18.1 Å². The lowest BCUT2D eigenvalue weighted by Crippen LogP contribution is -2.51. The number of para-hydroxylation sites is 2. The molecule has 6 heteroatoms. The predicted molar refractivity (Wildman–Crippen MR) is 81.8 cm³/mol. The van der Waals surface area contributed by atoms with Gasteiger partial charge in [0, 0.05) is 6.92 Å². The van der Waals surface area contributed by atoms with E-state index >= 15 is 0 Å². The number of carbonyl (C=O) groups is 2. The van der Waals surface area contributed by atoms with Crippen LogP contribution in [0.4, 0.5) is 0 Å². The van der Waals surface area contributed by atoms with Crippen LogP contribution in [-0.4, -0.2) is 37.1 Å². The molecule has 0 fully saturated rings. The van der Waals surface area contributed by atoms with Crippen molar-refractivity contribution < 1.29 is 19.1 Å². The zero-order valence-electron chi connectivity index (χ0n) is 13.1. The largest absolute Gasteiger partial charge is 0.486 e. The van der Waals surface area contributed by atoms with Crippen LogP contribution in [0.15, 0.2) is 24.3 Å². The second-order valence-electron chi connectivity index (χ2n) is 5.66. The molecule has 22 heavy (non-hydrogen) atoms. The maximum atomic E-state index is 12.2. The highest BCUT2D eigenvalue weighted by molar-refractivity contribution is 5.87. The van der Waals surface area contributed by atoms with Crippen molar-refractivity contribution in [3.63, 3.8) is 0 Å². The average Bonchev–Trinajstić information content (AvgIpc) is 2.49. The van der Waals surface area contributed by atoms with Crippen molar-refractivity contribution in [2.45, 2.75) is 32.9 Å². The van der Waals surface area contributed by atoms with Gasteiger partial charge in [-0.1, -0.05) is 26.0 Å². The van der Waals surface area contributed by atoms with E-state index in [0.717, 1.165) is 0 Å². The van der Waals surface area contributed by atoms with E-state index in [2.05, 4.69) is 10.6 Å². The van der Waals surface area contributed by atoms with Crippen molar-refractivity contribution in [3.8, 4) is 11.5 Å². The molecule has 0 saturated carbocycles. The Hall–Kier alpha value is -2.24. The fourth-order valence-corrected chi connectivity index (χ4v) is 2.24. The summed E-state index contributed by atoms with van der Waals surface area (Å²) in [4.78, 5) is 23.4. The van der Waals surface area contributed by atoms with E-state index in [9.17, 15) is 9.59 Å². The Morgan fingerprint density at radius 1 is 1.27 bits per heavy atom. The summed E-state index contributed by atoms with van der Waals surface area (Å²) < 4.78 is 11.4. The molecule has 0 bridgehead atoms. The lowest BCUT2D eigenvalue weighted by molar-refractivity contribution is -0.129. The highest BCUT2D eigenvalue weighted by atomic mass is 16.6. The molecule has 1 aromatic rings. The summed E-state index contributed by atoms with van der Waals surface area (Å²) in [6, 6.07) is 6.88. The van der Waals surface area contributed by atoms with E-state index in [4.69, 9.17) is 9.47 Å². The van der Waals surface area contributed by atoms with Crippen LogP contribution in [0, 0.1) is 5.92 Å². The zero-order valence-corrected chi connectivity index (χ0v) is 13.1. The van der Waals surface area contributed by atoms with Crippen molar-refractivity contribution in [2.24, 2.45) is 5.92 Å². The van der Waals surface area contributed by atoms with Gasteiger partial charge in [0.15, 0.2) is 11.5 Å². The molecule has 1 aliphatic heterocycles. The van der Waals surface area contributed by atoms with Crippen LogP contribution in [0.3, 0.4) is 0 Å². The van der Waals surface area contributed by atoms with Gasteiger partial charge in [0.05, 0.1) is 6.54 Å². The topological polar surface area (TPSA) is 76.7 Å². The van der Waals surface area contributed by atoms with Gasteiger partial charge in [0.2, 0.25) is 11.8 Å². The molecule has 120 valence electrons. The van der Waals surface area contributed by atoms with E-state index < -0.39 is 6.04 Å². The van der Waals surface area contributed by atoms with Crippen LogP contribution in [0.2, 0.25) is 0 Å². The standard InChI is InChI=1S/C16H22N2O4/c1-10(2)15(18-11(3)19)16(20)17-8-12-9-21-13-6-4-5-7-14(13)22-12/h4-7,10,12,15H,8-9H2,1-3H3,(H,17,20)(H,18,19)/t12-,15-/m0/s1. The Balaban J connectivity index is 1.87. The molecule has 1 aromatic carbocycles. The molecule has 2 atom stereocenters. The first-order chi connectivity index (χ1) is 10.5. The van der Waals surface area contributed by atoms with E-state index in [1.807, 2.05) is 38.1 Å². The number of amides is 2. The number of hydrogen-bond donors (Lipinski definition) is 2. The van der Waals surface area contributed by atoms with Gasteiger partial charge in [-0.15, -0.1) is 0 Å². The molecule has 0 unspecified atom stereocenters. The number of fused-ring (bicyclic) bond motifs is 1. The molecular formula is C16H22N2O4. The summed E-state index contributed by atoms with van der Waals surface area (Å²) in [6.45, 7) is 5.88. The SMILES string of the molecule is CC(=O)N[C@H](C(=O)NC[C@H]1COc2ccccc2O1)C(C)C. The van der Waals surface area contributed by atoms with Gasteiger partial charge in [-0.2, -0.15) is 0 Å². The summed E-state index contributed by atoms with van der Waals surface area (Å²) in [5.41, 5.74) is 0. The second kappa shape index (κ2) is 7.15. The van der Waals surface area contributed by atoms with Crippen LogP contribution in [0.1, 0.15) is 20.8 Å². The molecule has 0 spiro atoms. The third-order valence-electron chi connectivity index (χ3n) is 3.38. The van der Waals surface area contributed by atoms with E-state index in [-0.39, 0.29) is 23.8 Å². The maximum absolute atomic E-state index is 12.2. The first-order valence-electron chi connectivity index (χ1n) is 7.40. The minimum atomic E-state index is -0.547. The van der Waals surface area contributed by atoms with Gasteiger partial charge in [0.1, 0.15) is 18.8 Å². The Labute approximate surface area is 130 Å². The Bertz CT molecular complexity index is 545. The number of benzene rings is 1. The Kier molecular flexibility index (Phi) is 5.25. The highest BCUT2D eigenvalue weighted by Crippen LogP contribution is 2.30. The lowest BCUT2D eigenvalue weighted by Gasteiger charge is -2.27. The van der Waals surface area contributed by atoms with Crippen LogP contribution >= 0.6 is 0 Å². The molecule has 0 saturated heterocycles. The summed E-state index contributed by atoms with van der Waals surface area (Å²) in [6.07, 6.45) is -0.246. The number of carbonyl (C=O) groups excluding carboxylic acids is 2. The maximum Gasteiger partial charge on any atom is 0.242 e. The zero-order chi connectivity index (χ0) is 16.1. The summed E-state index contributed by atoms with van der Waals surface area (Å²) in [7, 11) is 0. The summed E-state index contributed by atoms with van der Waals surface area (Å²) in [5.74, 6) is 0.958. The minimum absolute atomic E-state index is 0.00755. The first kappa shape index (κ1) is 16.1. The van der Waals surface area contributed by atoms with Crippen molar-refractivity contribution >= 4 is 11.8 Å². The first-order valence-corrected chi connectivity index (χ1v) is 7.40. The van der Waals surface area contributed by atoms with Gasteiger partial charge < -0.3 is 20.1 Å². The quantitative estimate of drug-likeness (QED) is 0.854. The monoisotopic (exact) mass is 306 g/mol. The van der Waals surface area contributed by atoms with E-state index in [0.29, 0.717) is 24.7 Å². The molecule has 1 heterocycles. The van der Waals surface area contributed by atoms with Crippen LogP contribution in [-0.2, 0) is 9.59 Å². The van der Waals surface area contributed by atoms with Crippen molar-refractivity contribution in [1.29, 1.82) is 0 Å². The molecule has 1 aliphatic rings. The fraction of sp³-hybridized carbons (Fsp3) is 0.500. The second-order valence-corrected chi connectivity index (χ2v) is 5.66. The highest BCUT2D eigenvalue weighted by Gasteiger charge is 2.25. The summed E-state index contributed by atoms with van der Waals surface area (Å²) >= 11 is 0. The minimum Gasteiger partial charge on any atom is -0.486 e. The van der Waals surface area contributed by atoms with Crippen molar-refractivity contribution in [2.75, 3.05) is 13.2 Å². The molecule has 0 radical (unpaired) electrons. The number of ether oxygens (including phenoxy) is 2. The molecule has 6 nitrogen and oxygen atoms in total. The normalized spacial score (nSPS) is 17.7. The lowest BCUT2D eigenvalue weighted by atomic mass is 10.0. The van der Waals surface area contributed by atoms with Crippen molar-refractivity contribution in [3.05, 3.63) is 24.3 Å². The third kappa shape index (κ3) is 4.13. The van der Waals surface area contributed by atoms with E-state index in [1.54, 1.807) is 0 Å². The Morgan fingerprint density at radius 2 is 1.95 bits per heavy atom. The smallest absolute Gasteiger partial charge is 0.242 e. The van der Waals surface area contributed by atoms with Crippen LogP contribution < -0.4 is 20.1 Å². The molecular weight excluding hydrogens is 284 g/mol. The van der Waals surface area contributed by atoms with Gasteiger partial charge in [-0.25, -0.2) is 0 Å². The van der Waals surface area contributed by atoms with Gasteiger partial charge in [0.25, 0.3) is 0 Å². The van der Waals surface area contributed by atoms with E-state index in [1.165, 1.54) is 6.92 Å². The molecule has 0 aliphatic carbocycles. The summed E-state index contributed by atoms with van der Waals surface area (Å²) in [5, 5.41) is 5.47. The predicted octanol–water partition coefficient (Wildman–Crippen LogP) is 1.10. The number of hydrogen-bond acceptors (Lipinski definition) is 4. The van der Waals surface area contributed by atoms with Gasteiger partial charge >= 0.3 is 0 Å². The molecule has 2 rings (SSSR count). The third-order valence-corrected chi connectivity index (χ3v) is 3.38. The fourth-order valence-electron chi connectivity index (χ4n) is 2.24. The Morgan fingerprint density at radius 3 is 2.59 bits per heavy atom. The average molecular weight is 306 g/mol. The van der Waals surface area contributed by atoms with Crippen LogP contribution in [0.5, 0.6) is 11.5 Å². The van der Waals surface area contributed by atoms with Gasteiger partial charge in [-0.3, -0.25) is 9.59 Å². The number of nitrogens with one attached hydrogen (secondary N) is 2.